The van der Waals surface area contributed by atoms with E-state index >= 15 is 0 Å². The van der Waals surface area contributed by atoms with Gasteiger partial charge in [-0.15, -0.1) is 0 Å². The SMILES string of the molecule is CSCCC(NC(=O)OC(C)(C)C)C(=O)N(C(C(=O)Nc1ccc2ccccc2c1)c1c(C)cccc1C)C1CC1C. The van der Waals surface area contributed by atoms with Crippen molar-refractivity contribution in [3.05, 3.63) is 77.4 Å². The Balaban J connectivity index is 1.75. The van der Waals surface area contributed by atoms with Gasteiger partial charge in [-0.25, -0.2) is 4.79 Å². The summed E-state index contributed by atoms with van der Waals surface area (Å²) in [6.45, 7) is 11.4. The van der Waals surface area contributed by atoms with Gasteiger partial charge in [-0.3, -0.25) is 9.59 Å². The van der Waals surface area contributed by atoms with Crippen LogP contribution in [0.1, 0.15) is 63.3 Å². The van der Waals surface area contributed by atoms with E-state index in [-0.39, 0.29) is 23.8 Å². The fraction of sp³-hybridized carbons (Fsp3) is 0.441. The van der Waals surface area contributed by atoms with Crippen molar-refractivity contribution in [2.75, 3.05) is 17.3 Å². The van der Waals surface area contributed by atoms with Gasteiger partial charge in [0.1, 0.15) is 17.7 Å². The molecular formula is C34H43N3O4S. The lowest BCUT2D eigenvalue weighted by atomic mass is 9.93. The van der Waals surface area contributed by atoms with Crippen LogP contribution in [0, 0.1) is 19.8 Å². The first kappa shape index (κ1) is 31.4. The molecule has 0 saturated heterocycles. The molecule has 3 aromatic carbocycles. The number of nitrogens with one attached hydrogen (secondary N) is 2. The van der Waals surface area contributed by atoms with Crippen LogP contribution in [-0.4, -0.2) is 52.5 Å². The smallest absolute Gasteiger partial charge is 0.408 e. The van der Waals surface area contributed by atoms with Crippen molar-refractivity contribution in [1.29, 1.82) is 0 Å². The quantitative estimate of drug-likeness (QED) is 0.265. The molecule has 8 heteroatoms. The third kappa shape index (κ3) is 7.65. The molecule has 4 rings (SSSR count). The van der Waals surface area contributed by atoms with Crippen LogP contribution in [0.4, 0.5) is 10.5 Å². The van der Waals surface area contributed by atoms with Crippen LogP contribution in [0.15, 0.2) is 60.7 Å². The molecule has 3 amide bonds. The van der Waals surface area contributed by atoms with E-state index in [0.717, 1.165) is 33.9 Å². The van der Waals surface area contributed by atoms with Crippen molar-refractivity contribution < 1.29 is 19.1 Å². The van der Waals surface area contributed by atoms with E-state index in [9.17, 15) is 14.4 Å². The van der Waals surface area contributed by atoms with E-state index in [4.69, 9.17) is 4.74 Å². The van der Waals surface area contributed by atoms with Crippen LogP contribution < -0.4 is 10.6 Å². The summed E-state index contributed by atoms with van der Waals surface area (Å²) in [7, 11) is 0. The molecule has 224 valence electrons. The molecule has 4 unspecified atom stereocenters. The third-order valence-corrected chi connectivity index (χ3v) is 8.28. The summed E-state index contributed by atoms with van der Waals surface area (Å²) in [5, 5.41) is 8.05. The first-order valence-electron chi connectivity index (χ1n) is 14.6. The van der Waals surface area contributed by atoms with Gasteiger partial charge in [0, 0.05) is 11.7 Å². The lowest BCUT2D eigenvalue weighted by Crippen LogP contribution is -2.53. The van der Waals surface area contributed by atoms with E-state index in [1.165, 1.54) is 0 Å². The molecule has 0 aromatic heterocycles. The van der Waals surface area contributed by atoms with Gasteiger partial charge >= 0.3 is 6.09 Å². The maximum Gasteiger partial charge on any atom is 0.408 e. The number of fused-ring (bicyclic) bond motifs is 1. The number of aryl methyl sites for hydroxylation is 2. The molecule has 0 spiro atoms. The monoisotopic (exact) mass is 589 g/mol. The van der Waals surface area contributed by atoms with Crippen LogP contribution >= 0.6 is 11.8 Å². The summed E-state index contributed by atoms with van der Waals surface area (Å²) >= 11 is 1.60. The number of amides is 3. The molecule has 1 fully saturated rings. The molecule has 7 nitrogen and oxygen atoms in total. The summed E-state index contributed by atoms with van der Waals surface area (Å²) in [6, 6.07) is 17.9. The molecule has 2 N–H and O–H groups in total. The molecule has 4 atom stereocenters. The second-order valence-corrected chi connectivity index (χ2v) is 13.3. The number of carbonyl (C=O) groups excluding carboxylic acids is 3. The molecule has 0 bridgehead atoms. The second kappa shape index (κ2) is 13.2. The number of hydrogen-bond donors (Lipinski definition) is 2. The average Bonchev–Trinajstić information content (AvgIpc) is 3.64. The summed E-state index contributed by atoms with van der Waals surface area (Å²) in [4.78, 5) is 43.5. The number of carbonyl (C=O) groups is 3. The Morgan fingerprint density at radius 3 is 2.24 bits per heavy atom. The Morgan fingerprint density at radius 1 is 1.00 bits per heavy atom. The fourth-order valence-corrected chi connectivity index (χ4v) is 5.90. The lowest BCUT2D eigenvalue weighted by Gasteiger charge is -2.36. The molecule has 3 aromatic rings. The Kier molecular flexibility index (Phi) is 9.87. The minimum atomic E-state index is -0.877. The van der Waals surface area contributed by atoms with Crippen LogP contribution in [0.2, 0.25) is 0 Å². The van der Waals surface area contributed by atoms with Crippen molar-refractivity contribution in [1.82, 2.24) is 10.2 Å². The molecule has 1 aliphatic rings. The highest BCUT2D eigenvalue weighted by Gasteiger charge is 2.48. The minimum Gasteiger partial charge on any atom is -0.444 e. The van der Waals surface area contributed by atoms with Crippen molar-refractivity contribution >= 4 is 46.1 Å². The van der Waals surface area contributed by atoms with Gasteiger partial charge < -0.3 is 20.3 Å². The van der Waals surface area contributed by atoms with E-state index in [2.05, 4.69) is 17.6 Å². The number of thioether (sulfide) groups is 1. The predicted octanol–water partition coefficient (Wildman–Crippen LogP) is 7.02. The lowest BCUT2D eigenvalue weighted by molar-refractivity contribution is -0.141. The van der Waals surface area contributed by atoms with Crippen molar-refractivity contribution in [2.24, 2.45) is 5.92 Å². The standard InChI is InChI=1S/C34H43N3O4S/c1-21-11-10-12-22(2)29(21)30(31(38)35-26-16-15-24-13-8-9-14-25(24)20-26)37(28-19-23(28)3)32(39)27(17-18-42-7)36-33(40)41-34(4,5)6/h8-16,20,23,27-28,30H,17-19H2,1-7H3,(H,35,38)(H,36,40). The topological polar surface area (TPSA) is 87.7 Å². The molecule has 1 saturated carbocycles. The largest absolute Gasteiger partial charge is 0.444 e. The van der Waals surface area contributed by atoms with Gasteiger partial charge in [0.25, 0.3) is 5.91 Å². The van der Waals surface area contributed by atoms with Crippen LogP contribution in [-0.2, 0) is 14.3 Å². The highest BCUT2D eigenvalue weighted by Crippen LogP contribution is 2.42. The average molecular weight is 590 g/mol. The maximum atomic E-state index is 14.5. The van der Waals surface area contributed by atoms with E-state index < -0.39 is 23.8 Å². The molecule has 0 aliphatic heterocycles. The number of anilines is 1. The number of nitrogens with zero attached hydrogens (tertiary/aromatic N) is 1. The van der Waals surface area contributed by atoms with Crippen LogP contribution in [0.3, 0.4) is 0 Å². The van der Waals surface area contributed by atoms with Crippen molar-refractivity contribution in [2.45, 2.75) is 78.1 Å². The summed E-state index contributed by atoms with van der Waals surface area (Å²) in [6.07, 6.45) is 2.53. The number of rotatable bonds is 10. The number of benzene rings is 3. The van der Waals surface area contributed by atoms with Gasteiger partial charge in [-0.1, -0.05) is 55.5 Å². The highest BCUT2D eigenvalue weighted by molar-refractivity contribution is 7.98. The van der Waals surface area contributed by atoms with E-state index in [1.54, 1.807) is 37.4 Å². The summed E-state index contributed by atoms with van der Waals surface area (Å²) in [5.41, 5.74) is 2.63. The van der Waals surface area contributed by atoms with Gasteiger partial charge in [0.2, 0.25) is 5.91 Å². The first-order chi connectivity index (χ1) is 19.9. The number of alkyl carbamates (subject to hydrolysis) is 1. The Bertz CT molecular complexity index is 1430. The Morgan fingerprint density at radius 2 is 1.64 bits per heavy atom. The zero-order valence-electron chi connectivity index (χ0n) is 25.7. The number of ether oxygens (including phenoxy) is 1. The zero-order chi connectivity index (χ0) is 30.6. The van der Waals surface area contributed by atoms with Crippen molar-refractivity contribution in [3.63, 3.8) is 0 Å². The Labute approximate surface area is 253 Å². The van der Waals surface area contributed by atoms with E-state index in [1.807, 2.05) is 80.8 Å². The van der Waals surface area contributed by atoms with Gasteiger partial charge in [-0.2, -0.15) is 11.8 Å². The number of hydrogen-bond acceptors (Lipinski definition) is 5. The predicted molar refractivity (Wildman–Crippen MR) is 172 cm³/mol. The van der Waals surface area contributed by atoms with Gasteiger partial charge in [0.05, 0.1) is 0 Å². The van der Waals surface area contributed by atoms with Crippen LogP contribution in [0.5, 0.6) is 0 Å². The van der Waals surface area contributed by atoms with Crippen molar-refractivity contribution in [3.8, 4) is 0 Å². The van der Waals surface area contributed by atoms with Crippen LogP contribution in [0.25, 0.3) is 10.8 Å². The normalized spacial score (nSPS) is 17.7. The van der Waals surface area contributed by atoms with Gasteiger partial charge in [0.15, 0.2) is 0 Å². The minimum absolute atomic E-state index is 0.124. The fourth-order valence-electron chi connectivity index (χ4n) is 5.43. The molecule has 42 heavy (non-hydrogen) atoms. The zero-order valence-corrected chi connectivity index (χ0v) is 26.5. The first-order valence-corrected chi connectivity index (χ1v) is 16.0. The molecule has 0 radical (unpaired) electrons. The third-order valence-electron chi connectivity index (χ3n) is 7.64. The van der Waals surface area contributed by atoms with Gasteiger partial charge in [-0.05, 0) is 105 Å². The maximum absolute atomic E-state index is 14.5. The van der Waals surface area contributed by atoms with E-state index in [0.29, 0.717) is 17.9 Å². The highest BCUT2D eigenvalue weighted by atomic mass is 32.2. The molecule has 1 aliphatic carbocycles. The molecular weight excluding hydrogens is 546 g/mol. The Hall–Kier alpha value is -3.52. The summed E-state index contributed by atoms with van der Waals surface area (Å²) < 4.78 is 5.51. The second-order valence-electron chi connectivity index (χ2n) is 12.3. The molecule has 0 heterocycles. The summed E-state index contributed by atoms with van der Waals surface area (Å²) in [5.74, 6) is 0.344.